The quantitative estimate of drug-likeness (QED) is 0.831. The molecule has 1 aromatic rings. The maximum atomic E-state index is 12.2. The number of carbonyl (C=O) groups is 1. The van der Waals surface area contributed by atoms with Crippen molar-refractivity contribution in [3.8, 4) is 0 Å². The first-order chi connectivity index (χ1) is 10.4. The molecule has 0 saturated carbocycles. The summed E-state index contributed by atoms with van der Waals surface area (Å²) in [4.78, 5) is 12.2. The molecule has 1 unspecified atom stereocenters. The summed E-state index contributed by atoms with van der Waals surface area (Å²) in [6.07, 6.45) is 3.51. The van der Waals surface area contributed by atoms with Crippen molar-refractivity contribution in [2.24, 2.45) is 5.92 Å². The zero-order chi connectivity index (χ0) is 16.2. The van der Waals surface area contributed by atoms with Crippen LogP contribution in [0.15, 0.2) is 22.8 Å². The molecule has 2 rings (SSSR count). The lowest BCUT2D eigenvalue weighted by Gasteiger charge is -2.29. The number of hydrogen-bond acceptors (Lipinski definition) is 5. The second-order valence-corrected chi connectivity index (χ2v) is 7.40. The normalized spacial score (nSPS) is 19.0. The lowest BCUT2D eigenvalue weighted by Crippen LogP contribution is -2.43. The third-order valence-corrected chi connectivity index (χ3v) is 5.20. The van der Waals surface area contributed by atoms with E-state index in [0.29, 0.717) is 38.2 Å². The molecule has 1 N–H and O–H groups in total. The molecule has 8 heteroatoms. The molecule has 22 heavy (non-hydrogen) atoms. The fourth-order valence-corrected chi connectivity index (χ4v) is 3.44. The summed E-state index contributed by atoms with van der Waals surface area (Å²) in [5.74, 6) is 0.434. The van der Waals surface area contributed by atoms with Gasteiger partial charge in [-0.25, -0.2) is 12.7 Å². The third kappa shape index (κ3) is 4.31. The topological polar surface area (TPSA) is 88.9 Å². The minimum absolute atomic E-state index is 0.0678. The van der Waals surface area contributed by atoms with Gasteiger partial charge in [-0.15, -0.1) is 0 Å². The standard InChI is InChI=1S/C14H22N2O5S/c1-20-13(12-4-3-9-21-12)10-15-14(17)11-5-7-16(8-6-11)22(2,18)19/h3-4,9,11,13H,5-8,10H2,1-2H3,(H,15,17). The van der Waals surface area contributed by atoms with Gasteiger partial charge in [-0.2, -0.15) is 0 Å². The maximum absolute atomic E-state index is 12.2. The van der Waals surface area contributed by atoms with Crippen molar-refractivity contribution in [3.63, 3.8) is 0 Å². The van der Waals surface area contributed by atoms with Gasteiger partial charge in [-0.3, -0.25) is 4.79 Å². The lowest BCUT2D eigenvalue weighted by atomic mass is 9.97. The van der Waals surface area contributed by atoms with Gasteiger partial charge in [0.25, 0.3) is 0 Å². The Hall–Kier alpha value is -1.38. The van der Waals surface area contributed by atoms with E-state index in [9.17, 15) is 13.2 Å². The molecule has 0 aliphatic carbocycles. The Balaban J connectivity index is 1.81. The van der Waals surface area contributed by atoms with Gasteiger partial charge in [-0.05, 0) is 25.0 Å². The highest BCUT2D eigenvalue weighted by atomic mass is 32.2. The second-order valence-electron chi connectivity index (χ2n) is 5.42. The highest BCUT2D eigenvalue weighted by Crippen LogP contribution is 2.20. The van der Waals surface area contributed by atoms with Crippen LogP contribution in [0.2, 0.25) is 0 Å². The summed E-state index contributed by atoms with van der Waals surface area (Å²) in [5, 5.41) is 2.85. The molecule has 1 aliphatic heterocycles. The SMILES string of the molecule is COC(CNC(=O)C1CCN(S(C)(=O)=O)CC1)c1ccco1. The number of hydrogen-bond donors (Lipinski definition) is 1. The molecule has 1 saturated heterocycles. The third-order valence-electron chi connectivity index (χ3n) is 3.90. The number of carbonyl (C=O) groups excluding carboxylic acids is 1. The lowest BCUT2D eigenvalue weighted by molar-refractivity contribution is -0.126. The molecule has 7 nitrogen and oxygen atoms in total. The predicted molar refractivity (Wildman–Crippen MR) is 80.6 cm³/mol. The van der Waals surface area contributed by atoms with E-state index in [1.54, 1.807) is 25.5 Å². The predicted octanol–water partition coefficient (Wildman–Crippen LogP) is 0.755. The molecule has 1 amide bonds. The van der Waals surface area contributed by atoms with Gasteiger partial charge < -0.3 is 14.5 Å². The Kier molecular flexibility index (Phi) is 5.60. The van der Waals surface area contributed by atoms with Crippen molar-refractivity contribution in [2.45, 2.75) is 18.9 Å². The van der Waals surface area contributed by atoms with E-state index in [4.69, 9.17) is 9.15 Å². The number of methoxy groups -OCH3 is 1. The van der Waals surface area contributed by atoms with Crippen LogP contribution in [0.3, 0.4) is 0 Å². The molecule has 0 aromatic carbocycles. The van der Waals surface area contributed by atoms with Crippen molar-refractivity contribution in [3.05, 3.63) is 24.2 Å². The van der Waals surface area contributed by atoms with E-state index in [1.165, 1.54) is 10.6 Å². The van der Waals surface area contributed by atoms with Crippen molar-refractivity contribution in [1.82, 2.24) is 9.62 Å². The molecule has 1 atom stereocenters. The first-order valence-electron chi connectivity index (χ1n) is 7.21. The molecular weight excluding hydrogens is 308 g/mol. The summed E-state index contributed by atoms with van der Waals surface area (Å²) in [7, 11) is -1.61. The molecular formula is C14H22N2O5S. The Bertz CT molecular complexity index is 576. The van der Waals surface area contributed by atoms with Crippen LogP contribution in [0.1, 0.15) is 24.7 Å². The summed E-state index contributed by atoms with van der Waals surface area (Å²) in [5.41, 5.74) is 0. The zero-order valence-corrected chi connectivity index (χ0v) is 13.6. The number of nitrogens with zero attached hydrogens (tertiary/aromatic N) is 1. The van der Waals surface area contributed by atoms with Crippen LogP contribution in [0, 0.1) is 5.92 Å². The summed E-state index contributed by atoms with van der Waals surface area (Å²) in [6.45, 7) is 1.11. The number of ether oxygens (including phenoxy) is 1. The average Bonchev–Trinajstić information content (AvgIpc) is 3.01. The number of furan rings is 1. The minimum Gasteiger partial charge on any atom is -0.467 e. The van der Waals surface area contributed by atoms with Gasteiger partial charge in [0, 0.05) is 26.1 Å². The van der Waals surface area contributed by atoms with Crippen molar-refractivity contribution in [1.29, 1.82) is 0 Å². The van der Waals surface area contributed by atoms with E-state index < -0.39 is 10.0 Å². The monoisotopic (exact) mass is 330 g/mol. The average molecular weight is 330 g/mol. The summed E-state index contributed by atoms with van der Waals surface area (Å²) >= 11 is 0. The van der Waals surface area contributed by atoms with Gasteiger partial charge in [0.05, 0.1) is 19.1 Å². The minimum atomic E-state index is -3.17. The first kappa shape index (κ1) is 17.0. The van der Waals surface area contributed by atoms with Gasteiger partial charge >= 0.3 is 0 Å². The van der Waals surface area contributed by atoms with E-state index in [2.05, 4.69) is 5.32 Å². The van der Waals surface area contributed by atoms with E-state index in [0.717, 1.165) is 0 Å². The summed E-state index contributed by atoms with van der Waals surface area (Å²) < 4.78 is 34.9. The van der Waals surface area contributed by atoms with Crippen LogP contribution >= 0.6 is 0 Å². The van der Waals surface area contributed by atoms with E-state index in [-0.39, 0.29) is 17.9 Å². The molecule has 2 heterocycles. The maximum Gasteiger partial charge on any atom is 0.223 e. The molecule has 124 valence electrons. The first-order valence-corrected chi connectivity index (χ1v) is 9.05. The molecule has 1 aromatic heterocycles. The molecule has 0 radical (unpaired) electrons. The van der Waals surface area contributed by atoms with Gasteiger partial charge in [0.15, 0.2) is 0 Å². The number of nitrogens with one attached hydrogen (secondary N) is 1. The highest BCUT2D eigenvalue weighted by molar-refractivity contribution is 7.88. The van der Waals surface area contributed by atoms with Gasteiger partial charge in [0.1, 0.15) is 11.9 Å². The van der Waals surface area contributed by atoms with Crippen molar-refractivity contribution >= 4 is 15.9 Å². The largest absolute Gasteiger partial charge is 0.467 e. The van der Waals surface area contributed by atoms with Crippen LogP contribution in [-0.4, -0.2) is 51.6 Å². The Morgan fingerprint density at radius 3 is 2.68 bits per heavy atom. The zero-order valence-electron chi connectivity index (χ0n) is 12.8. The van der Waals surface area contributed by atoms with Crippen molar-refractivity contribution in [2.75, 3.05) is 33.0 Å². The van der Waals surface area contributed by atoms with E-state index in [1.807, 2.05) is 0 Å². The van der Waals surface area contributed by atoms with Crippen LogP contribution < -0.4 is 5.32 Å². The molecule has 1 fully saturated rings. The Labute approximate surface area is 130 Å². The van der Waals surface area contributed by atoms with Crippen LogP contribution in [0.4, 0.5) is 0 Å². The fraction of sp³-hybridized carbons (Fsp3) is 0.643. The Morgan fingerprint density at radius 2 is 2.18 bits per heavy atom. The number of piperidine rings is 1. The second kappa shape index (κ2) is 7.26. The van der Waals surface area contributed by atoms with Crippen LogP contribution in [0.25, 0.3) is 0 Å². The van der Waals surface area contributed by atoms with Gasteiger partial charge in [-0.1, -0.05) is 0 Å². The molecule has 0 spiro atoms. The smallest absolute Gasteiger partial charge is 0.223 e. The Morgan fingerprint density at radius 1 is 1.50 bits per heavy atom. The number of rotatable bonds is 6. The van der Waals surface area contributed by atoms with E-state index >= 15 is 0 Å². The van der Waals surface area contributed by atoms with Crippen LogP contribution in [0.5, 0.6) is 0 Å². The number of amides is 1. The molecule has 0 bridgehead atoms. The van der Waals surface area contributed by atoms with Crippen LogP contribution in [-0.2, 0) is 19.6 Å². The molecule has 1 aliphatic rings. The van der Waals surface area contributed by atoms with Crippen molar-refractivity contribution < 1.29 is 22.4 Å². The highest BCUT2D eigenvalue weighted by Gasteiger charge is 2.29. The fourth-order valence-electron chi connectivity index (χ4n) is 2.56. The summed E-state index contributed by atoms with van der Waals surface area (Å²) in [6, 6.07) is 3.56. The van der Waals surface area contributed by atoms with Gasteiger partial charge in [0.2, 0.25) is 15.9 Å². The number of sulfonamides is 1.